The van der Waals surface area contributed by atoms with Gasteiger partial charge in [-0.2, -0.15) is 0 Å². The molecule has 2 aliphatic rings. The summed E-state index contributed by atoms with van der Waals surface area (Å²) < 4.78 is 26.0. The summed E-state index contributed by atoms with van der Waals surface area (Å²) in [5, 5.41) is 1.23. The van der Waals surface area contributed by atoms with Gasteiger partial charge in [-0.25, -0.2) is 9.79 Å². The zero-order valence-electron chi connectivity index (χ0n) is 22.2. The molecule has 0 aromatic heterocycles. The summed E-state index contributed by atoms with van der Waals surface area (Å²) in [5.41, 5.74) is 2.96. The summed E-state index contributed by atoms with van der Waals surface area (Å²) in [6, 6.07) is 11.7. The second-order valence-electron chi connectivity index (χ2n) is 9.25. The fourth-order valence-corrected chi connectivity index (χ4v) is 4.87. The van der Waals surface area contributed by atoms with E-state index in [4.69, 9.17) is 46.9 Å². The maximum Gasteiger partial charge on any atom is 0.511 e. The number of methoxy groups -OCH3 is 1. The molecule has 9 nitrogen and oxygen atoms in total. The summed E-state index contributed by atoms with van der Waals surface area (Å²) in [5.74, 6) is 1.30. The highest BCUT2D eigenvalue weighted by Gasteiger charge is 2.19. The highest BCUT2D eigenvalue weighted by Crippen LogP contribution is 2.33. The van der Waals surface area contributed by atoms with Gasteiger partial charge in [-0.15, -0.1) is 0 Å². The van der Waals surface area contributed by atoms with Crippen molar-refractivity contribution < 1.29 is 28.5 Å². The molecule has 0 atom stereocenters. The van der Waals surface area contributed by atoms with E-state index in [0.29, 0.717) is 35.6 Å². The second kappa shape index (κ2) is 15.2. The van der Waals surface area contributed by atoms with Crippen molar-refractivity contribution >= 4 is 46.6 Å². The van der Waals surface area contributed by atoms with Crippen LogP contribution in [0, 0.1) is 0 Å². The number of carbonyl (C=O) groups excluding carboxylic acids is 1. The molecule has 0 radical (unpaired) electrons. The molecule has 4 rings (SSSR count). The van der Waals surface area contributed by atoms with Gasteiger partial charge in [-0.05, 0) is 49.6 Å². The largest absolute Gasteiger partial charge is 0.511 e. The first-order chi connectivity index (χ1) is 19.0. The highest BCUT2D eigenvalue weighted by molar-refractivity contribution is 6.43. The van der Waals surface area contributed by atoms with Gasteiger partial charge in [0.05, 0.1) is 34.6 Å². The molecule has 0 spiro atoms. The molecule has 1 fully saturated rings. The van der Waals surface area contributed by atoms with Crippen LogP contribution in [-0.2, 0) is 25.4 Å². The van der Waals surface area contributed by atoms with E-state index < -0.39 is 6.16 Å². The minimum absolute atomic E-state index is 0.129. The minimum atomic E-state index is -0.802. The van der Waals surface area contributed by atoms with Crippen LogP contribution in [-0.4, -0.2) is 83.4 Å². The first-order valence-corrected chi connectivity index (χ1v) is 13.9. The molecule has 1 saturated heterocycles. The lowest BCUT2D eigenvalue weighted by Gasteiger charge is -2.36. The Hall–Kier alpha value is -2.72. The van der Waals surface area contributed by atoms with E-state index in [2.05, 4.69) is 14.8 Å². The number of hydrogen-bond acceptors (Lipinski definition) is 9. The Morgan fingerprint density at radius 3 is 2.62 bits per heavy atom. The maximum absolute atomic E-state index is 11.5. The van der Waals surface area contributed by atoms with Crippen LogP contribution in [0.15, 0.2) is 41.4 Å². The van der Waals surface area contributed by atoms with Crippen molar-refractivity contribution in [2.75, 3.05) is 71.3 Å². The van der Waals surface area contributed by atoms with Gasteiger partial charge in [0, 0.05) is 45.8 Å². The fourth-order valence-electron chi connectivity index (χ4n) is 4.46. The molecule has 0 N–H and O–H groups in total. The van der Waals surface area contributed by atoms with Crippen molar-refractivity contribution in [1.29, 1.82) is 0 Å². The quantitative estimate of drug-likeness (QED) is 0.179. The number of unbranched alkanes of at least 4 members (excludes halogenated alkanes) is 1. The standard InChI is InChI=1S/C28H35Cl2N3O6/c1-35-17-18-37-28(34)39-20-38-26-10-8-21-7-9-22(19-24(21)31-26)36-16-3-2-11-32-12-14-33(15-13-32)25-6-4-5-23(29)27(25)30/h4-7,9,19H,2-3,8,10-18,20H2,1H3. The third-order valence-corrected chi connectivity index (χ3v) is 7.41. The average Bonchev–Trinajstić information content (AvgIpc) is 2.95. The van der Waals surface area contributed by atoms with Crippen molar-refractivity contribution in [1.82, 2.24) is 4.90 Å². The van der Waals surface area contributed by atoms with Gasteiger partial charge < -0.3 is 28.6 Å². The SMILES string of the molecule is COCCOC(=O)OCOC1=Nc2cc(OCCCCN3CCN(c4cccc(Cl)c4Cl)CC3)ccc2CC1. The smallest absolute Gasteiger partial charge is 0.494 e. The van der Waals surface area contributed by atoms with Crippen molar-refractivity contribution in [2.24, 2.45) is 4.99 Å². The zero-order chi connectivity index (χ0) is 27.5. The number of hydrogen-bond donors (Lipinski definition) is 0. The summed E-state index contributed by atoms with van der Waals surface area (Å²) >= 11 is 12.6. The van der Waals surface area contributed by atoms with Crippen molar-refractivity contribution in [3.63, 3.8) is 0 Å². The molecule has 2 aromatic rings. The van der Waals surface area contributed by atoms with Gasteiger partial charge in [-0.3, -0.25) is 4.90 Å². The van der Waals surface area contributed by atoms with Crippen molar-refractivity contribution in [2.45, 2.75) is 25.7 Å². The number of carbonyl (C=O) groups is 1. The third kappa shape index (κ3) is 8.89. The lowest BCUT2D eigenvalue weighted by Crippen LogP contribution is -2.46. The molecule has 2 heterocycles. The Balaban J connectivity index is 1.13. The second-order valence-corrected chi connectivity index (χ2v) is 10.0. The fraction of sp³-hybridized carbons (Fsp3) is 0.500. The molecule has 2 aliphatic heterocycles. The van der Waals surface area contributed by atoms with Crippen LogP contribution in [0.1, 0.15) is 24.8 Å². The molecule has 0 unspecified atom stereocenters. The minimum Gasteiger partial charge on any atom is -0.494 e. The number of anilines is 1. The van der Waals surface area contributed by atoms with Crippen LogP contribution in [0.5, 0.6) is 5.75 Å². The van der Waals surface area contributed by atoms with Crippen LogP contribution < -0.4 is 9.64 Å². The Morgan fingerprint density at radius 1 is 0.949 bits per heavy atom. The van der Waals surface area contributed by atoms with Crippen LogP contribution in [0.3, 0.4) is 0 Å². The highest BCUT2D eigenvalue weighted by atomic mass is 35.5. The Kier molecular flexibility index (Phi) is 11.4. The number of rotatable bonds is 12. The number of benzene rings is 2. The van der Waals surface area contributed by atoms with E-state index in [1.54, 1.807) is 0 Å². The van der Waals surface area contributed by atoms with Gasteiger partial charge in [0.1, 0.15) is 12.4 Å². The monoisotopic (exact) mass is 579 g/mol. The Morgan fingerprint density at radius 2 is 1.79 bits per heavy atom. The van der Waals surface area contributed by atoms with Crippen LogP contribution >= 0.6 is 23.2 Å². The van der Waals surface area contributed by atoms with E-state index >= 15 is 0 Å². The number of halogens is 2. The van der Waals surface area contributed by atoms with Gasteiger partial charge in [0.25, 0.3) is 0 Å². The lowest BCUT2D eigenvalue weighted by molar-refractivity contribution is -0.00899. The summed E-state index contributed by atoms with van der Waals surface area (Å²) in [6.07, 6.45) is 2.66. The summed E-state index contributed by atoms with van der Waals surface area (Å²) in [4.78, 5) is 20.8. The van der Waals surface area contributed by atoms with E-state index in [1.165, 1.54) is 7.11 Å². The number of fused-ring (bicyclic) bond motifs is 1. The first-order valence-electron chi connectivity index (χ1n) is 13.2. The Bertz CT molecular complexity index is 1120. The van der Waals surface area contributed by atoms with E-state index in [0.717, 1.165) is 74.7 Å². The molecule has 2 aromatic carbocycles. The molecule has 0 bridgehead atoms. The normalized spacial score (nSPS) is 15.4. The van der Waals surface area contributed by atoms with E-state index in [1.807, 2.05) is 36.4 Å². The van der Waals surface area contributed by atoms with Crippen molar-refractivity contribution in [3.05, 3.63) is 52.0 Å². The number of aryl methyl sites for hydroxylation is 1. The molecular weight excluding hydrogens is 545 g/mol. The van der Waals surface area contributed by atoms with Gasteiger partial charge in [-0.1, -0.05) is 35.3 Å². The average molecular weight is 581 g/mol. The van der Waals surface area contributed by atoms with Gasteiger partial charge >= 0.3 is 6.16 Å². The predicted octanol–water partition coefficient (Wildman–Crippen LogP) is 5.72. The molecule has 0 aliphatic carbocycles. The third-order valence-electron chi connectivity index (χ3n) is 6.60. The number of nitrogens with zero attached hydrogens (tertiary/aromatic N) is 3. The number of piperazine rings is 1. The number of ether oxygens (including phenoxy) is 5. The van der Waals surface area contributed by atoms with E-state index in [9.17, 15) is 4.79 Å². The van der Waals surface area contributed by atoms with E-state index in [-0.39, 0.29) is 13.4 Å². The molecular formula is C28H35Cl2N3O6. The maximum atomic E-state index is 11.5. The number of aliphatic imine (C=N–C) groups is 1. The lowest BCUT2D eigenvalue weighted by atomic mass is 10.0. The van der Waals surface area contributed by atoms with Crippen molar-refractivity contribution in [3.8, 4) is 5.75 Å². The van der Waals surface area contributed by atoms with Gasteiger partial charge in [0.2, 0.25) is 6.79 Å². The zero-order valence-corrected chi connectivity index (χ0v) is 23.7. The molecule has 0 saturated carbocycles. The van der Waals surface area contributed by atoms with Crippen LogP contribution in [0.25, 0.3) is 0 Å². The molecule has 39 heavy (non-hydrogen) atoms. The first kappa shape index (κ1) is 29.3. The van der Waals surface area contributed by atoms with Crippen LogP contribution in [0.2, 0.25) is 10.0 Å². The topological polar surface area (TPSA) is 82.1 Å². The predicted molar refractivity (Wildman–Crippen MR) is 152 cm³/mol. The summed E-state index contributed by atoms with van der Waals surface area (Å²) in [7, 11) is 1.53. The Labute approximate surface area is 239 Å². The van der Waals surface area contributed by atoms with Crippen LogP contribution in [0.4, 0.5) is 16.2 Å². The molecule has 11 heteroatoms. The molecule has 212 valence electrons. The van der Waals surface area contributed by atoms with Gasteiger partial charge in [0.15, 0.2) is 5.90 Å². The molecule has 0 amide bonds. The summed E-state index contributed by atoms with van der Waals surface area (Å²) in [6.45, 7) is 5.73.